The molecular formula is C11H12N2O2S2. The van der Waals surface area contributed by atoms with Crippen LogP contribution >= 0.6 is 22.7 Å². The number of aryl methyl sites for hydroxylation is 1. The molecule has 0 spiro atoms. The van der Waals surface area contributed by atoms with Gasteiger partial charge in [0.2, 0.25) is 0 Å². The van der Waals surface area contributed by atoms with E-state index in [1.807, 2.05) is 23.8 Å². The Labute approximate surface area is 107 Å². The van der Waals surface area contributed by atoms with E-state index >= 15 is 0 Å². The number of aliphatic hydroxyl groups excluding tert-OH is 1. The number of aliphatic hydroxyl groups is 1. The Bertz CT molecular complexity index is 506. The molecule has 17 heavy (non-hydrogen) atoms. The summed E-state index contributed by atoms with van der Waals surface area (Å²) in [6.45, 7) is 2.03. The number of aromatic nitrogens is 1. The van der Waals surface area contributed by atoms with Crippen molar-refractivity contribution in [2.45, 2.75) is 6.92 Å². The molecule has 0 saturated heterocycles. The van der Waals surface area contributed by atoms with Gasteiger partial charge in [0.1, 0.15) is 9.88 Å². The highest BCUT2D eigenvalue weighted by Gasteiger charge is 2.15. The first-order valence-electron chi connectivity index (χ1n) is 5.11. The maximum absolute atomic E-state index is 11.8. The predicted molar refractivity (Wildman–Crippen MR) is 69.6 cm³/mol. The number of rotatable bonds is 4. The molecule has 2 rings (SSSR count). The van der Waals surface area contributed by atoms with Crippen LogP contribution in [0.5, 0.6) is 0 Å². The van der Waals surface area contributed by atoms with Crippen LogP contribution in [0.1, 0.15) is 15.4 Å². The highest BCUT2D eigenvalue weighted by Crippen LogP contribution is 2.29. The van der Waals surface area contributed by atoms with Crippen LogP contribution in [0.3, 0.4) is 0 Å². The summed E-state index contributed by atoms with van der Waals surface area (Å²) in [5, 5.41) is 16.1. The average molecular weight is 268 g/mol. The largest absolute Gasteiger partial charge is 0.395 e. The Balaban J connectivity index is 2.22. The Morgan fingerprint density at radius 2 is 2.41 bits per heavy atom. The summed E-state index contributed by atoms with van der Waals surface area (Å²) in [6, 6.07) is 1.98. The summed E-state index contributed by atoms with van der Waals surface area (Å²) in [6.07, 6.45) is 0. The molecule has 2 aromatic rings. The highest BCUT2D eigenvalue weighted by atomic mass is 32.1. The lowest BCUT2D eigenvalue weighted by Gasteiger charge is -1.99. The van der Waals surface area contributed by atoms with Crippen molar-refractivity contribution in [3.05, 3.63) is 27.4 Å². The predicted octanol–water partition coefficient (Wildman–Crippen LogP) is 1.90. The van der Waals surface area contributed by atoms with Gasteiger partial charge in [-0.25, -0.2) is 4.98 Å². The summed E-state index contributed by atoms with van der Waals surface area (Å²) in [4.78, 5) is 16.8. The molecule has 2 heterocycles. The second-order valence-electron chi connectivity index (χ2n) is 3.43. The zero-order valence-corrected chi connectivity index (χ0v) is 10.9. The van der Waals surface area contributed by atoms with Gasteiger partial charge in [-0.1, -0.05) is 0 Å². The molecule has 0 aromatic carbocycles. The molecule has 2 aromatic heterocycles. The monoisotopic (exact) mass is 268 g/mol. The van der Waals surface area contributed by atoms with Crippen molar-refractivity contribution in [1.29, 1.82) is 0 Å². The van der Waals surface area contributed by atoms with Gasteiger partial charge in [0.15, 0.2) is 0 Å². The maximum atomic E-state index is 11.8. The van der Waals surface area contributed by atoms with Gasteiger partial charge in [0.25, 0.3) is 5.91 Å². The first kappa shape index (κ1) is 12.2. The van der Waals surface area contributed by atoms with E-state index in [2.05, 4.69) is 10.3 Å². The maximum Gasteiger partial charge on any atom is 0.263 e. The van der Waals surface area contributed by atoms with E-state index in [1.165, 1.54) is 11.3 Å². The zero-order valence-electron chi connectivity index (χ0n) is 9.27. The number of hydrogen-bond donors (Lipinski definition) is 2. The molecule has 1 amide bonds. The van der Waals surface area contributed by atoms with Crippen molar-refractivity contribution in [3.8, 4) is 10.6 Å². The van der Waals surface area contributed by atoms with E-state index in [0.29, 0.717) is 4.88 Å². The smallest absolute Gasteiger partial charge is 0.263 e. The number of amides is 1. The van der Waals surface area contributed by atoms with Crippen molar-refractivity contribution in [1.82, 2.24) is 10.3 Å². The van der Waals surface area contributed by atoms with E-state index in [0.717, 1.165) is 16.3 Å². The molecule has 0 atom stereocenters. The van der Waals surface area contributed by atoms with Gasteiger partial charge in [0, 0.05) is 17.5 Å². The van der Waals surface area contributed by atoms with Crippen LogP contribution < -0.4 is 5.32 Å². The van der Waals surface area contributed by atoms with Crippen molar-refractivity contribution < 1.29 is 9.90 Å². The third-order valence-electron chi connectivity index (χ3n) is 2.17. The van der Waals surface area contributed by atoms with E-state index in [1.54, 1.807) is 11.3 Å². The van der Waals surface area contributed by atoms with E-state index in [4.69, 9.17) is 5.11 Å². The lowest BCUT2D eigenvalue weighted by molar-refractivity contribution is 0.0948. The van der Waals surface area contributed by atoms with E-state index < -0.39 is 0 Å². The summed E-state index contributed by atoms with van der Waals surface area (Å²) >= 11 is 2.98. The van der Waals surface area contributed by atoms with Crippen molar-refractivity contribution >= 4 is 28.6 Å². The second kappa shape index (κ2) is 5.39. The molecular weight excluding hydrogens is 256 g/mol. The first-order valence-corrected chi connectivity index (χ1v) is 6.87. The third kappa shape index (κ3) is 2.71. The normalized spacial score (nSPS) is 10.5. The molecule has 0 radical (unpaired) electrons. The number of thiazole rings is 1. The fourth-order valence-electron chi connectivity index (χ4n) is 1.37. The Hall–Kier alpha value is -1.24. The van der Waals surface area contributed by atoms with Gasteiger partial charge >= 0.3 is 0 Å². The number of carbonyl (C=O) groups excluding carboxylic acids is 1. The first-order chi connectivity index (χ1) is 8.22. The summed E-state index contributed by atoms with van der Waals surface area (Å²) in [5.74, 6) is -0.171. The molecule has 0 saturated carbocycles. The van der Waals surface area contributed by atoms with Crippen molar-refractivity contribution in [3.63, 3.8) is 0 Å². The van der Waals surface area contributed by atoms with Crippen molar-refractivity contribution in [2.75, 3.05) is 13.2 Å². The average Bonchev–Trinajstić information content (AvgIpc) is 2.94. The van der Waals surface area contributed by atoms with Gasteiger partial charge < -0.3 is 10.4 Å². The molecule has 0 aliphatic carbocycles. The van der Waals surface area contributed by atoms with Crippen LogP contribution in [0, 0.1) is 6.92 Å². The van der Waals surface area contributed by atoms with Crippen LogP contribution in [-0.4, -0.2) is 29.1 Å². The van der Waals surface area contributed by atoms with E-state index in [9.17, 15) is 4.79 Å². The van der Waals surface area contributed by atoms with Crippen molar-refractivity contribution in [2.24, 2.45) is 0 Å². The van der Waals surface area contributed by atoms with Crippen LogP contribution in [0.4, 0.5) is 0 Å². The van der Waals surface area contributed by atoms with E-state index in [-0.39, 0.29) is 19.1 Å². The molecule has 0 bridgehead atoms. The number of nitrogens with zero attached hydrogens (tertiary/aromatic N) is 1. The van der Waals surface area contributed by atoms with Gasteiger partial charge in [0.05, 0.1) is 12.3 Å². The lowest BCUT2D eigenvalue weighted by atomic mass is 10.3. The second-order valence-corrected chi connectivity index (χ2v) is 5.20. The highest BCUT2D eigenvalue weighted by molar-refractivity contribution is 7.17. The molecule has 90 valence electrons. The van der Waals surface area contributed by atoms with Gasteiger partial charge in [-0.2, -0.15) is 11.3 Å². The summed E-state index contributed by atoms with van der Waals surface area (Å²) < 4.78 is 0. The molecule has 0 unspecified atom stereocenters. The summed E-state index contributed by atoms with van der Waals surface area (Å²) in [7, 11) is 0. The van der Waals surface area contributed by atoms with Gasteiger partial charge in [-0.15, -0.1) is 11.3 Å². The topological polar surface area (TPSA) is 62.2 Å². The molecule has 2 N–H and O–H groups in total. The minimum atomic E-state index is -0.171. The minimum absolute atomic E-state index is 0.0546. The Morgan fingerprint density at radius 1 is 1.59 bits per heavy atom. The van der Waals surface area contributed by atoms with Crippen LogP contribution in [0.2, 0.25) is 0 Å². The third-order valence-corrected chi connectivity index (χ3v) is 4.06. The lowest BCUT2D eigenvalue weighted by Crippen LogP contribution is -2.26. The number of thiophene rings is 1. The Morgan fingerprint density at radius 3 is 3.06 bits per heavy atom. The van der Waals surface area contributed by atoms with Crippen LogP contribution in [0.15, 0.2) is 16.8 Å². The van der Waals surface area contributed by atoms with Crippen LogP contribution in [0.25, 0.3) is 10.6 Å². The molecule has 0 fully saturated rings. The molecule has 6 heteroatoms. The zero-order chi connectivity index (χ0) is 12.3. The van der Waals surface area contributed by atoms with Gasteiger partial charge in [-0.05, 0) is 18.4 Å². The van der Waals surface area contributed by atoms with Gasteiger partial charge in [-0.3, -0.25) is 4.79 Å². The summed E-state index contributed by atoms with van der Waals surface area (Å²) in [5.41, 5.74) is 1.77. The number of carbonyl (C=O) groups is 1. The SMILES string of the molecule is Cc1nc(-c2ccsc2)sc1C(=O)NCCO. The van der Waals surface area contributed by atoms with Crippen LogP contribution in [-0.2, 0) is 0 Å². The Kier molecular flexibility index (Phi) is 3.88. The fourth-order valence-corrected chi connectivity index (χ4v) is 3.06. The quantitative estimate of drug-likeness (QED) is 0.890. The number of hydrogen-bond acceptors (Lipinski definition) is 5. The fraction of sp³-hybridized carbons (Fsp3) is 0.273. The molecule has 0 aliphatic rings. The number of nitrogens with one attached hydrogen (secondary N) is 1. The standard InChI is InChI=1S/C11H12N2O2S2/c1-7-9(10(15)12-3-4-14)17-11(13-7)8-2-5-16-6-8/h2,5-6,14H,3-4H2,1H3,(H,12,15). The minimum Gasteiger partial charge on any atom is -0.395 e. The molecule has 0 aliphatic heterocycles. The molecule has 4 nitrogen and oxygen atoms in total.